The number of aliphatic hydroxyl groups is 1. The van der Waals surface area contributed by atoms with Crippen LogP contribution in [0.2, 0.25) is 0 Å². The molecule has 0 saturated heterocycles. The Bertz CT molecular complexity index is 1070. The zero-order valence-corrected chi connectivity index (χ0v) is 15.1. The van der Waals surface area contributed by atoms with E-state index < -0.39 is 5.60 Å². The summed E-state index contributed by atoms with van der Waals surface area (Å²) in [6, 6.07) is 23.3. The second-order valence-corrected chi connectivity index (χ2v) is 7.01. The molecule has 0 saturated carbocycles. The molecular formula is C23H21NO3. The molecule has 0 aliphatic rings. The highest BCUT2D eigenvalue weighted by atomic mass is 16.4. The van der Waals surface area contributed by atoms with Crippen LogP contribution < -0.4 is 5.32 Å². The third kappa shape index (κ3) is 3.57. The molecule has 1 atom stereocenters. The number of hydrogen-bond acceptors (Lipinski definition) is 3. The average molecular weight is 359 g/mol. The van der Waals surface area contributed by atoms with E-state index in [9.17, 15) is 9.90 Å². The lowest BCUT2D eigenvalue weighted by molar-refractivity contribution is -0.121. The van der Waals surface area contributed by atoms with Crippen LogP contribution in [0.15, 0.2) is 77.2 Å². The molecule has 3 aromatic carbocycles. The first-order valence-electron chi connectivity index (χ1n) is 8.98. The van der Waals surface area contributed by atoms with Gasteiger partial charge in [-0.25, -0.2) is 0 Å². The van der Waals surface area contributed by atoms with Crippen LogP contribution in [-0.4, -0.2) is 17.6 Å². The van der Waals surface area contributed by atoms with Crippen molar-refractivity contribution >= 4 is 27.6 Å². The van der Waals surface area contributed by atoms with Gasteiger partial charge in [-0.15, -0.1) is 0 Å². The van der Waals surface area contributed by atoms with Gasteiger partial charge in [-0.05, 0) is 35.4 Å². The summed E-state index contributed by atoms with van der Waals surface area (Å²) in [5, 5.41) is 16.7. The molecule has 4 nitrogen and oxygen atoms in total. The van der Waals surface area contributed by atoms with Gasteiger partial charge in [-0.3, -0.25) is 4.79 Å². The standard InChI is InChI=1S/C23H21NO3/c1-23(26,21-13-18-8-3-5-12-20(18)27-21)15-24-22(25)14-17-10-6-9-16-7-2-4-11-19(16)17/h2-13,26H,14-15H2,1H3,(H,24,25). The van der Waals surface area contributed by atoms with Crippen LogP contribution >= 0.6 is 0 Å². The molecule has 136 valence electrons. The van der Waals surface area contributed by atoms with E-state index >= 15 is 0 Å². The molecule has 0 bridgehead atoms. The number of furan rings is 1. The topological polar surface area (TPSA) is 62.5 Å². The van der Waals surface area contributed by atoms with Crippen molar-refractivity contribution in [2.45, 2.75) is 18.9 Å². The van der Waals surface area contributed by atoms with Crippen LogP contribution in [0.4, 0.5) is 0 Å². The number of carbonyl (C=O) groups is 1. The van der Waals surface area contributed by atoms with Gasteiger partial charge < -0.3 is 14.8 Å². The molecular weight excluding hydrogens is 338 g/mol. The molecule has 1 heterocycles. The molecule has 1 aromatic heterocycles. The molecule has 1 unspecified atom stereocenters. The van der Waals surface area contributed by atoms with Crippen molar-refractivity contribution in [3.05, 3.63) is 84.1 Å². The van der Waals surface area contributed by atoms with Crippen LogP contribution in [-0.2, 0) is 16.8 Å². The minimum Gasteiger partial charge on any atom is -0.458 e. The van der Waals surface area contributed by atoms with Crippen LogP contribution in [0.1, 0.15) is 18.2 Å². The number of benzene rings is 3. The lowest BCUT2D eigenvalue weighted by Gasteiger charge is -2.21. The Morgan fingerprint density at radius 2 is 1.70 bits per heavy atom. The lowest BCUT2D eigenvalue weighted by atomic mass is 10.0. The van der Waals surface area contributed by atoms with E-state index in [-0.39, 0.29) is 18.9 Å². The van der Waals surface area contributed by atoms with Crippen molar-refractivity contribution in [2.24, 2.45) is 0 Å². The van der Waals surface area contributed by atoms with Crippen LogP contribution in [0.25, 0.3) is 21.7 Å². The first-order chi connectivity index (χ1) is 13.0. The van der Waals surface area contributed by atoms with Crippen LogP contribution in [0.5, 0.6) is 0 Å². The molecule has 4 heteroatoms. The summed E-state index contributed by atoms with van der Waals surface area (Å²) in [5.41, 5.74) is 0.400. The maximum atomic E-state index is 12.5. The van der Waals surface area contributed by atoms with Crippen molar-refractivity contribution in [2.75, 3.05) is 6.54 Å². The minimum absolute atomic E-state index is 0.0798. The smallest absolute Gasteiger partial charge is 0.224 e. The van der Waals surface area contributed by atoms with Gasteiger partial charge in [0.15, 0.2) is 0 Å². The zero-order chi connectivity index (χ0) is 18.9. The quantitative estimate of drug-likeness (QED) is 0.563. The Morgan fingerprint density at radius 1 is 1.00 bits per heavy atom. The van der Waals surface area contributed by atoms with Gasteiger partial charge in [0.05, 0.1) is 13.0 Å². The monoisotopic (exact) mass is 359 g/mol. The van der Waals surface area contributed by atoms with E-state index in [4.69, 9.17) is 4.42 Å². The number of rotatable bonds is 5. The van der Waals surface area contributed by atoms with Crippen molar-refractivity contribution < 1.29 is 14.3 Å². The van der Waals surface area contributed by atoms with Gasteiger partial charge in [0.25, 0.3) is 0 Å². The molecule has 2 N–H and O–H groups in total. The predicted molar refractivity (Wildman–Crippen MR) is 106 cm³/mol. The fraction of sp³-hybridized carbons (Fsp3) is 0.174. The number of carbonyl (C=O) groups excluding carboxylic acids is 1. The van der Waals surface area contributed by atoms with E-state index in [1.807, 2.05) is 72.8 Å². The second-order valence-electron chi connectivity index (χ2n) is 7.01. The number of hydrogen-bond donors (Lipinski definition) is 2. The summed E-state index contributed by atoms with van der Waals surface area (Å²) in [7, 11) is 0. The largest absolute Gasteiger partial charge is 0.458 e. The first-order valence-corrected chi connectivity index (χ1v) is 8.98. The van der Waals surface area contributed by atoms with Crippen molar-refractivity contribution in [3.8, 4) is 0 Å². The fourth-order valence-corrected chi connectivity index (χ4v) is 3.29. The Morgan fingerprint density at radius 3 is 2.52 bits per heavy atom. The highest BCUT2D eigenvalue weighted by Crippen LogP contribution is 2.27. The third-order valence-corrected chi connectivity index (χ3v) is 4.82. The summed E-state index contributed by atoms with van der Waals surface area (Å²) in [5.74, 6) is 0.303. The normalized spacial score (nSPS) is 13.6. The summed E-state index contributed by atoms with van der Waals surface area (Å²) in [4.78, 5) is 12.5. The molecule has 0 aliphatic carbocycles. The van der Waals surface area contributed by atoms with Crippen molar-refractivity contribution in [3.63, 3.8) is 0 Å². The molecule has 0 radical (unpaired) electrons. The van der Waals surface area contributed by atoms with Gasteiger partial charge >= 0.3 is 0 Å². The molecule has 0 aliphatic heterocycles. The van der Waals surface area contributed by atoms with Gasteiger partial charge in [0, 0.05) is 5.39 Å². The van der Waals surface area contributed by atoms with Crippen LogP contribution in [0.3, 0.4) is 0 Å². The first kappa shape index (κ1) is 17.3. The Kier molecular flexibility index (Phi) is 4.42. The summed E-state index contributed by atoms with van der Waals surface area (Å²) in [6.07, 6.45) is 0.261. The SMILES string of the molecule is CC(O)(CNC(=O)Cc1cccc2ccccc12)c1cc2ccccc2o1. The average Bonchev–Trinajstić information content (AvgIpc) is 3.12. The molecule has 4 aromatic rings. The highest BCUT2D eigenvalue weighted by molar-refractivity contribution is 5.90. The van der Waals surface area contributed by atoms with Gasteiger partial charge in [0.1, 0.15) is 16.9 Å². The van der Waals surface area contributed by atoms with Gasteiger partial charge in [0.2, 0.25) is 5.91 Å². The van der Waals surface area contributed by atoms with E-state index in [1.54, 1.807) is 6.92 Å². The molecule has 4 rings (SSSR count). The maximum absolute atomic E-state index is 12.5. The van der Waals surface area contributed by atoms with Gasteiger partial charge in [-0.2, -0.15) is 0 Å². The summed E-state index contributed by atoms with van der Waals surface area (Å²) in [6.45, 7) is 1.72. The molecule has 27 heavy (non-hydrogen) atoms. The van der Waals surface area contributed by atoms with Crippen molar-refractivity contribution in [1.29, 1.82) is 0 Å². The Labute approximate surface area is 157 Å². The third-order valence-electron chi connectivity index (χ3n) is 4.82. The summed E-state index contributed by atoms with van der Waals surface area (Å²) < 4.78 is 5.74. The summed E-state index contributed by atoms with van der Waals surface area (Å²) >= 11 is 0. The molecule has 0 fully saturated rings. The van der Waals surface area contributed by atoms with Crippen molar-refractivity contribution in [1.82, 2.24) is 5.32 Å². The Hall–Kier alpha value is -3.11. The number of para-hydroxylation sites is 1. The maximum Gasteiger partial charge on any atom is 0.224 e. The van der Waals surface area contributed by atoms with E-state index in [0.29, 0.717) is 5.76 Å². The predicted octanol–water partition coefficient (Wildman–Crippen LogP) is 4.15. The van der Waals surface area contributed by atoms with Crippen LogP contribution in [0, 0.1) is 0 Å². The Balaban J connectivity index is 1.46. The minimum atomic E-state index is -1.28. The highest BCUT2D eigenvalue weighted by Gasteiger charge is 2.28. The van der Waals surface area contributed by atoms with E-state index in [1.165, 1.54) is 0 Å². The zero-order valence-electron chi connectivity index (χ0n) is 15.1. The van der Waals surface area contributed by atoms with Gasteiger partial charge in [-0.1, -0.05) is 60.7 Å². The van der Waals surface area contributed by atoms with E-state index in [2.05, 4.69) is 5.32 Å². The lowest BCUT2D eigenvalue weighted by Crippen LogP contribution is -2.39. The molecule has 1 amide bonds. The second kappa shape index (κ2) is 6.89. The number of fused-ring (bicyclic) bond motifs is 2. The fourth-order valence-electron chi connectivity index (χ4n) is 3.29. The number of amides is 1. The van der Waals surface area contributed by atoms with E-state index in [0.717, 1.165) is 27.3 Å². The number of nitrogens with one attached hydrogen (secondary N) is 1. The molecule has 0 spiro atoms.